The minimum Gasteiger partial charge on any atom is -0.361 e. The van der Waals surface area contributed by atoms with E-state index in [1.165, 1.54) is 15.3 Å². The van der Waals surface area contributed by atoms with Gasteiger partial charge in [0, 0.05) is 42.7 Å². The van der Waals surface area contributed by atoms with Crippen molar-refractivity contribution in [2.45, 2.75) is 25.0 Å². The summed E-state index contributed by atoms with van der Waals surface area (Å²) in [5.41, 5.74) is 3.07. The number of nitrogens with one attached hydrogen (secondary N) is 2. The smallest absolute Gasteiger partial charge is 0.223 e. The van der Waals surface area contributed by atoms with E-state index in [0.29, 0.717) is 32.5 Å². The van der Waals surface area contributed by atoms with Gasteiger partial charge in [-0.2, -0.15) is 0 Å². The molecule has 4 rings (SSSR count). The van der Waals surface area contributed by atoms with E-state index in [0.717, 1.165) is 17.5 Å². The Morgan fingerprint density at radius 1 is 1.03 bits per heavy atom. The number of para-hydroxylation sites is 1. The van der Waals surface area contributed by atoms with E-state index in [1.807, 2.05) is 54.7 Å². The lowest BCUT2D eigenvalue weighted by atomic mass is 9.97. The van der Waals surface area contributed by atoms with Crippen LogP contribution in [0, 0.1) is 5.92 Å². The lowest BCUT2D eigenvalue weighted by Crippen LogP contribution is -2.43. The number of aromatic amines is 1. The van der Waals surface area contributed by atoms with E-state index in [2.05, 4.69) is 16.4 Å². The summed E-state index contributed by atoms with van der Waals surface area (Å²) < 4.78 is 26.9. The van der Waals surface area contributed by atoms with Crippen molar-refractivity contribution < 1.29 is 13.2 Å². The summed E-state index contributed by atoms with van der Waals surface area (Å²) in [6.07, 6.45) is 3.88. The van der Waals surface area contributed by atoms with Gasteiger partial charge in [-0.3, -0.25) is 4.79 Å². The average Bonchev–Trinajstić information content (AvgIpc) is 3.17. The molecule has 3 aromatic rings. The Balaban J connectivity index is 1.25. The van der Waals surface area contributed by atoms with Crippen LogP contribution < -0.4 is 5.32 Å². The van der Waals surface area contributed by atoms with Crippen LogP contribution in [0.3, 0.4) is 0 Å². The number of rotatable bonds is 7. The quantitative estimate of drug-likeness (QED) is 0.610. The number of carbonyl (C=O) groups is 1. The number of hydrogen-bond donors (Lipinski definition) is 2. The first-order chi connectivity index (χ1) is 14.5. The van der Waals surface area contributed by atoms with E-state index >= 15 is 0 Å². The third-order valence-electron chi connectivity index (χ3n) is 5.78. The Morgan fingerprint density at radius 3 is 2.50 bits per heavy atom. The number of hydrogen-bond acceptors (Lipinski definition) is 3. The van der Waals surface area contributed by atoms with Crippen LogP contribution in [-0.4, -0.2) is 43.2 Å². The summed E-state index contributed by atoms with van der Waals surface area (Å²) in [5, 5.41) is 4.21. The number of fused-ring (bicyclic) bond motifs is 1. The largest absolute Gasteiger partial charge is 0.361 e. The zero-order valence-electron chi connectivity index (χ0n) is 16.9. The molecular weight excluding hydrogens is 398 g/mol. The van der Waals surface area contributed by atoms with Gasteiger partial charge >= 0.3 is 0 Å². The highest BCUT2D eigenvalue weighted by Gasteiger charge is 2.31. The molecule has 0 spiro atoms. The van der Waals surface area contributed by atoms with E-state index < -0.39 is 10.0 Å². The van der Waals surface area contributed by atoms with E-state index in [4.69, 9.17) is 0 Å². The Morgan fingerprint density at radius 2 is 1.73 bits per heavy atom. The summed E-state index contributed by atoms with van der Waals surface area (Å²) in [6, 6.07) is 17.3. The number of piperidine rings is 1. The molecule has 7 heteroatoms. The van der Waals surface area contributed by atoms with Crippen LogP contribution in [-0.2, 0) is 27.0 Å². The molecule has 0 aliphatic carbocycles. The minimum absolute atomic E-state index is 0.00925. The molecule has 158 valence electrons. The van der Waals surface area contributed by atoms with Gasteiger partial charge in [0.15, 0.2) is 0 Å². The number of benzene rings is 2. The molecule has 1 aliphatic heterocycles. The maximum Gasteiger partial charge on any atom is 0.223 e. The van der Waals surface area contributed by atoms with E-state index in [9.17, 15) is 13.2 Å². The summed E-state index contributed by atoms with van der Waals surface area (Å²) in [7, 11) is -3.35. The van der Waals surface area contributed by atoms with Crippen molar-refractivity contribution in [1.29, 1.82) is 0 Å². The molecule has 2 heterocycles. The molecular formula is C23H27N3O3S. The molecule has 2 aromatic carbocycles. The standard InChI is InChI=1S/C23H27N3O3S/c27-23(24-13-10-20-16-25-22-9-5-4-8-21(20)22)19-11-14-26(15-12-19)30(28,29)17-18-6-2-1-3-7-18/h1-9,16,19,25H,10-15,17H2,(H,24,27). The highest BCUT2D eigenvalue weighted by Crippen LogP contribution is 2.22. The normalized spacial score (nSPS) is 16.0. The van der Waals surface area contributed by atoms with Gasteiger partial charge in [0.05, 0.1) is 5.75 Å². The molecule has 1 fully saturated rings. The fourth-order valence-corrected chi connectivity index (χ4v) is 5.64. The van der Waals surface area contributed by atoms with E-state index in [1.54, 1.807) is 0 Å². The molecule has 1 saturated heterocycles. The Hall–Kier alpha value is -2.64. The predicted molar refractivity (Wildman–Crippen MR) is 118 cm³/mol. The lowest BCUT2D eigenvalue weighted by molar-refractivity contribution is -0.126. The van der Waals surface area contributed by atoms with Gasteiger partial charge in [0.1, 0.15) is 0 Å². The Labute approximate surface area is 177 Å². The van der Waals surface area contributed by atoms with Crippen molar-refractivity contribution >= 4 is 26.8 Å². The summed E-state index contributed by atoms with van der Waals surface area (Å²) >= 11 is 0. The highest BCUT2D eigenvalue weighted by atomic mass is 32.2. The van der Waals surface area contributed by atoms with Gasteiger partial charge in [-0.25, -0.2) is 12.7 Å². The molecule has 0 atom stereocenters. The maximum atomic E-state index is 12.7. The SMILES string of the molecule is O=C(NCCc1c[nH]c2ccccc12)C1CCN(S(=O)(=O)Cc2ccccc2)CC1. The van der Waals surface area contributed by atoms with Crippen LogP contribution >= 0.6 is 0 Å². The molecule has 2 N–H and O–H groups in total. The summed E-state index contributed by atoms with van der Waals surface area (Å²) in [6.45, 7) is 1.37. The van der Waals surface area contributed by atoms with Crippen LogP contribution in [0.5, 0.6) is 0 Å². The topological polar surface area (TPSA) is 82.3 Å². The van der Waals surface area contributed by atoms with Gasteiger partial charge in [0.25, 0.3) is 0 Å². The zero-order valence-corrected chi connectivity index (χ0v) is 17.7. The molecule has 1 aliphatic rings. The van der Waals surface area contributed by atoms with Crippen molar-refractivity contribution in [3.63, 3.8) is 0 Å². The second kappa shape index (κ2) is 9.02. The third-order valence-corrected chi connectivity index (χ3v) is 7.63. The molecule has 1 aromatic heterocycles. The molecule has 0 bridgehead atoms. The first-order valence-electron chi connectivity index (χ1n) is 10.4. The Bertz CT molecular complexity index is 1100. The number of amides is 1. The van der Waals surface area contributed by atoms with Gasteiger partial charge in [-0.05, 0) is 36.5 Å². The number of nitrogens with zero attached hydrogens (tertiary/aromatic N) is 1. The fourth-order valence-electron chi connectivity index (χ4n) is 4.08. The van der Waals surface area contributed by atoms with Crippen LogP contribution in [0.1, 0.15) is 24.0 Å². The number of sulfonamides is 1. The molecule has 0 unspecified atom stereocenters. The van der Waals surface area contributed by atoms with Crippen LogP contribution in [0.4, 0.5) is 0 Å². The molecule has 30 heavy (non-hydrogen) atoms. The van der Waals surface area contributed by atoms with Crippen LogP contribution in [0.2, 0.25) is 0 Å². The van der Waals surface area contributed by atoms with Gasteiger partial charge in [-0.15, -0.1) is 0 Å². The summed E-state index contributed by atoms with van der Waals surface area (Å²) in [5.74, 6) is -0.0962. The van der Waals surface area contributed by atoms with E-state index in [-0.39, 0.29) is 17.6 Å². The van der Waals surface area contributed by atoms with Crippen LogP contribution in [0.15, 0.2) is 60.8 Å². The molecule has 6 nitrogen and oxygen atoms in total. The molecule has 0 saturated carbocycles. The molecule has 0 radical (unpaired) electrons. The first-order valence-corrected chi connectivity index (χ1v) is 12.0. The third kappa shape index (κ3) is 4.74. The van der Waals surface area contributed by atoms with Gasteiger partial charge in [0.2, 0.25) is 15.9 Å². The van der Waals surface area contributed by atoms with Crippen LogP contribution in [0.25, 0.3) is 10.9 Å². The summed E-state index contributed by atoms with van der Waals surface area (Å²) in [4.78, 5) is 15.8. The highest BCUT2D eigenvalue weighted by molar-refractivity contribution is 7.88. The number of carbonyl (C=O) groups excluding carboxylic acids is 1. The maximum absolute atomic E-state index is 12.7. The number of aromatic nitrogens is 1. The van der Waals surface area contributed by atoms with Gasteiger partial charge < -0.3 is 10.3 Å². The second-order valence-corrected chi connectivity index (χ2v) is 9.78. The lowest BCUT2D eigenvalue weighted by Gasteiger charge is -2.30. The van der Waals surface area contributed by atoms with Crippen molar-refractivity contribution in [1.82, 2.24) is 14.6 Å². The predicted octanol–water partition coefficient (Wildman–Crippen LogP) is 3.07. The van der Waals surface area contributed by atoms with Crippen molar-refractivity contribution in [2.75, 3.05) is 19.6 Å². The first kappa shape index (κ1) is 20.6. The minimum atomic E-state index is -3.35. The average molecular weight is 426 g/mol. The Kier molecular flexibility index (Phi) is 6.20. The molecule has 1 amide bonds. The van der Waals surface area contributed by atoms with Crippen molar-refractivity contribution in [3.05, 3.63) is 71.9 Å². The zero-order chi connectivity index (χ0) is 21.0. The van der Waals surface area contributed by atoms with Crippen molar-refractivity contribution in [2.24, 2.45) is 5.92 Å². The monoisotopic (exact) mass is 425 g/mol. The van der Waals surface area contributed by atoms with Crippen molar-refractivity contribution in [3.8, 4) is 0 Å². The second-order valence-electron chi connectivity index (χ2n) is 7.82. The van der Waals surface area contributed by atoms with Gasteiger partial charge in [-0.1, -0.05) is 48.5 Å². The number of H-pyrrole nitrogens is 1. The fraction of sp³-hybridized carbons (Fsp3) is 0.348.